The summed E-state index contributed by atoms with van der Waals surface area (Å²) in [5, 5.41) is 4.75. The topological polar surface area (TPSA) is 87.7 Å². The van der Waals surface area contributed by atoms with Crippen LogP contribution >= 0.6 is 11.6 Å². The summed E-state index contributed by atoms with van der Waals surface area (Å²) in [5.41, 5.74) is 1.36. The molecule has 0 saturated carbocycles. The van der Waals surface area contributed by atoms with Gasteiger partial charge in [-0.3, -0.25) is 14.9 Å². The summed E-state index contributed by atoms with van der Waals surface area (Å²) in [7, 11) is 1.51. The Balaban J connectivity index is 1.82. The van der Waals surface area contributed by atoms with Crippen LogP contribution in [0.4, 0.5) is 9.18 Å². The minimum absolute atomic E-state index is 0.0251. The van der Waals surface area contributed by atoms with Gasteiger partial charge in [0, 0.05) is 17.1 Å². The number of nitrogens with one attached hydrogen (secondary N) is 2. The minimum Gasteiger partial charge on any atom is -0.497 e. The molecule has 1 heterocycles. The van der Waals surface area contributed by atoms with E-state index < -0.39 is 17.9 Å². The zero-order chi connectivity index (χ0) is 21.7. The Morgan fingerprint density at radius 3 is 2.90 bits per heavy atom. The predicted octanol–water partition coefficient (Wildman–Crippen LogP) is 2.32. The minimum atomic E-state index is -0.872. The third kappa shape index (κ3) is 4.88. The van der Waals surface area contributed by atoms with Crippen LogP contribution in [0.25, 0.3) is 0 Å². The number of fused-ring (bicyclic) bond motifs is 1. The number of methoxy groups -OCH3 is 1. The molecule has 0 spiro atoms. The van der Waals surface area contributed by atoms with Crippen LogP contribution in [0.2, 0.25) is 5.02 Å². The number of carbonyl (C=O) groups is 3. The fourth-order valence-corrected chi connectivity index (χ4v) is 3.15. The largest absolute Gasteiger partial charge is 0.497 e. The van der Waals surface area contributed by atoms with E-state index in [9.17, 15) is 18.8 Å². The molecule has 0 aliphatic carbocycles. The maximum Gasteiger partial charge on any atom is 0.322 e. The lowest BCUT2D eigenvalue weighted by molar-refractivity contribution is -0.108. The number of amides is 4. The van der Waals surface area contributed by atoms with Gasteiger partial charge >= 0.3 is 6.03 Å². The van der Waals surface area contributed by atoms with Crippen molar-refractivity contribution in [1.29, 1.82) is 0 Å². The molecule has 1 unspecified atom stereocenters. The van der Waals surface area contributed by atoms with Crippen LogP contribution in [0.5, 0.6) is 5.75 Å². The third-order valence-electron chi connectivity index (χ3n) is 4.40. The zero-order valence-corrected chi connectivity index (χ0v) is 16.6. The van der Waals surface area contributed by atoms with Gasteiger partial charge in [-0.2, -0.15) is 0 Å². The number of hydrogen-bond donors (Lipinski definition) is 2. The number of hydrogen-bond acceptors (Lipinski definition) is 4. The highest BCUT2D eigenvalue weighted by Crippen LogP contribution is 2.26. The third-order valence-corrected chi connectivity index (χ3v) is 4.64. The Bertz CT molecular complexity index is 1060. The summed E-state index contributed by atoms with van der Waals surface area (Å²) in [5.74, 6) is 5.10. The van der Waals surface area contributed by atoms with Gasteiger partial charge in [-0.25, -0.2) is 9.18 Å². The Morgan fingerprint density at radius 1 is 1.37 bits per heavy atom. The summed E-state index contributed by atoms with van der Waals surface area (Å²) >= 11 is 5.87. The number of carbonyl (C=O) groups excluding carboxylic acids is 3. The average molecular weight is 430 g/mol. The molecule has 1 aliphatic heterocycles. The first-order chi connectivity index (χ1) is 14.4. The van der Waals surface area contributed by atoms with Gasteiger partial charge in [0.2, 0.25) is 6.41 Å². The van der Waals surface area contributed by atoms with Gasteiger partial charge in [0.1, 0.15) is 17.6 Å². The van der Waals surface area contributed by atoms with E-state index in [2.05, 4.69) is 17.2 Å². The first-order valence-corrected chi connectivity index (χ1v) is 9.22. The van der Waals surface area contributed by atoms with Crippen LogP contribution in [0.3, 0.4) is 0 Å². The molecule has 2 aromatic rings. The van der Waals surface area contributed by atoms with Crippen LogP contribution in [0, 0.1) is 17.7 Å². The van der Waals surface area contributed by atoms with Crippen molar-refractivity contribution >= 4 is 29.9 Å². The number of ether oxygens (including phenoxy) is 1. The van der Waals surface area contributed by atoms with Crippen molar-refractivity contribution in [2.45, 2.75) is 12.6 Å². The van der Waals surface area contributed by atoms with E-state index in [1.807, 2.05) is 5.32 Å². The number of rotatable bonds is 5. The van der Waals surface area contributed by atoms with Crippen molar-refractivity contribution < 1.29 is 23.5 Å². The summed E-state index contributed by atoms with van der Waals surface area (Å²) in [4.78, 5) is 36.6. The van der Waals surface area contributed by atoms with E-state index >= 15 is 0 Å². The summed E-state index contributed by atoms with van der Waals surface area (Å²) in [6, 6.07) is 7.46. The molecule has 30 heavy (non-hydrogen) atoms. The number of nitrogens with zero attached hydrogens (tertiary/aromatic N) is 1. The molecule has 3 rings (SSSR count). The predicted molar refractivity (Wildman–Crippen MR) is 108 cm³/mol. The molecule has 7 nitrogen and oxygen atoms in total. The Labute approximate surface area is 177 Å². The highest BCUT2D eigenvalue weighted by Gasteiger charge is 2.29. The maximum atomic E-state index is 13.9. The number of halogens is 2. The van der Waals surface area contributed by atoms with Crippen LogP contribution in [0.1, 0.15) is 21.5 Å². The van der Waals surface area contributed by atoms with Gasteiger partial charge in [-0.05, 0) is 35.9 Å². The van der Waals surface area contributed by atoms with E-state index in [1.54, 1.807) is 18.2 Å². The highest BCUT2D eigenvalue weighted by molar-refractivity contribution is 6.30. The molecule has 9 heteroatoms. The standard InChI is InChI=1S/C21H17ClFN3O4/c1-30-17-6-3-14-10-26(20(28)18(14)9-17)11-16(25-21(29)24-12-27)5-2-13-8-15(22)4-7-19(13)23/h3-4,6-9,12,16H,10-11H2,1H3,(H2,24,25,27,29). The molecule has 4 amide bonds. The maximum absolute atomic E-state index is 13.9. The SMILES string of the molecule is COc1ccc2c(c1)C(=O)N(CC(C#Cc1cc(Cl)ccc1F)NC(=O)NC=O)C2. The molecule has 154 valence electrons. The van der Waals surface area contributed by atoms with Crippen LogP contribution in [-0.4, -0.2) is 42.9 Å². The lowest BCUT2D eigenvalue weighted by Crippen LogP contribution is -2.46. The molecule has 2 N–H and O–H groups in total. The first kappa shape index (κ1) is 21.1. The first-order valence-electron chi connectivity index (χ1n) is 8.84. The second kappa shape index (κ2) is 9.29. The van der Waals surface area contributed by atoms with E-state index in [0.29, 0.717) is 22.9 Å². The highest BCUT2D eigenvalue weighted by atomic mass is 35.5. The van der Waals surface area contributed by atoms with Gasteiger partial charge < -0.3 is 15.0 Å². The van der Waals surface area contributed by atoms with Gasteiger partial charge in [-0.1, -0.05) is 29.5 Å². The number of imide groups is 1. The summed E-state index contributed by atoms with van der Waals surface area (Å²) in [6.45, 7) is 0.343. The van der Waals surface area contributed by atoms with Gasteiger partial charge in [-0.15, -0.1) is 0 Å². The van der Waals surface area contributed by atoms with Crippen LogP contribution < -0.4 is 15.4 Å². The fourth-order valence-electron chi connectivity index (χ4n) is 2.97. The molecule has 0 fully saturated rings. The molecule has 0 saturated heterocycles. The monoisotopic (exact) mass is 429 g/mol. The molecule has 2 aromatic carbocycles. The van der Waals surface area contributed by atoms with E-state index in [0.717, 1.165) is 5.56 Å². The zero-order valence-electron chi connectivity index (χ0n) is 15.9. The molecule has 1 aliphatic rings. The Morgan fingerprint density at radius 2 is 2.17 bits per heavy atom. The van der Waals surface area contributed by atoms with Crippen molar-refractivity contribution in [3.8, 4) is 17.6 Å². The molecular formula is C21H17ClFN3O4. The molecule has 0 aromatic heterocycles. The normalized spacial score (nSPS) is 13.0. The molecular weight excluding hydrogens is 413 g/mol. The van der Waals surface area contributed by atoms with E-state index in [-0.39, 0.29) is 24.4 Å². The van der Waals surface area contributed by atoms with Gasteiger partial charge in [0.05, 0.1) is 19.2 Å². The second-order valence-electron chi connectivity index (χ2n) is 6.39. The number of urea groups is 1. The lowest BCUT2D eigenvalue weighted by Gasteiger charge is -2.21. The quantitative estimate of drug-likeness (QED) is 0.564. The van der Waals surface area contributed by atoms with Crippen LogP contribution in [-0.2, 0) is 11.3 Å². The van der Waals surface area contributed by atoms with Crippen molar-refractivity contribution in [2.75, 3.05) is 13.7 Å². The summed E-state index contributed by atoms with van der Waals surface area (Å²) < 4.78 is 19.1. The van der Waals surface area contributed by atoms with Crippen molar-refractivity contribution in [2.24, 2.45) is 0 Å². The Kier molecular flexibility index (Phi) is 6.54. The van der Waals surface area contributed by atoms with E-state index in [1.165, 1.54) is 30.2 Å². The van der Waals surface area contributed by atoms with Crippen LogP contribution in [0.15, 0.2) is 36.4 Å². The average Bonchev–Trinajstić information content (AvgIpc) is 3.03. The molecule has 0 radical (unpaired) electrons. The van der Waals surface area contributed by atoms with E-state index in [4.69, 9.17) is 16.3 Å². The molecule has 1 atom stereocenters. The van der Waals surface area contributed by atoms with Crippen molar-refractivity contribution in [3.63, 3.8) is 0 Å². The van der Waals surface area contributed by atoms with Gasteiger partial charge in [0.25, 0.3) is 5.91 Å². The lowest BCUT2D eigenvalue weighted by atomic mass is 10.1. The van der Waals surface area contributed by atoms with Crippen molar-refractivity contribution in [3.05, 3.63) is 63.9 Å². The number of benzene rings is 2. The Hall–Kier alpha value is -3.57. The van der Waals surface area contributed by atoms with Gasteiger partial charge in [0.15, 0.2) is 0 Å². The summed E-state index contributed by atoms with van der Waals surface area (Å²) in [6.07, 6.45) is 0.222. The molecule has 0 bridgehead atoms. The smallest absolute Gasteiger partial charge is 0.322 e. The second-order valence-corrected chi connectivity index (χ2v) is 6.83. The van der Waals surface area contributed by atoms with Crippen molar-refractivity contribution in [1.82, 2.24) is 15.5 Å². The fraction of sp³-hybridized carbons (Fsp3) is 0.190.